The summed E-state index contributed by atoms with van der Waals surface area (Å²) in [6.45, 7) is 3.45. The molecule has 1 fully saturated rings. The minimum atomic E-state index is 0.102. The first kappa shape index (κ1) is 17.7. The summed E-state index contributed by atoms with van der Waals surface area (Å²) in [7, 11) is 0. The van der Waals surface area contributed by atoms with Gasteiger partial charge < -0.3 is 9.64 Å². The lowest BCUT2D eigenvalue weighted by Crippen LogP contribution is -2.41. The Morgan fingerprint density at radius 1 is 1.11 bits per heavy atom. The minimum absolute atomic E-state index is 0.102. The lowest BCUT2D eigenvalue weighted by molar-refractivity contribution is 0.0594. The van der Waals surface area contributed by atoms with E-state index in [-0.39, 0.29) is 12.0 Å². The number of amides is 1. The number of benzene rings is 1. The molecule has 0 unspecified atom stereocenters. The molecule has 27 heavy (non-hydrogen) atoms. The SMILES string of the molecule is Cc1cnccc1OC1CCN(C(=O)c2ccc(-c3ccsc3)cc2)CC1. The molecule has 0 atom stereocenters. The molecule has 1 aromatic carbocycles. The van der Waals surface area contributed by atoms with Crippen molar-refractivity contribution in [2.24, 2.45) is 0 Å². The number of rotatable bonds is 4. The Morgan fingerprint density at radius 2 is 1.89 bits per heavy atom. The Morgan fingerprint density at radius 3 is 2.56 bits per heavy atom. The molecule has 1 saturated heterocycles. The zero-order valence-electron chi connectivity index (χ0n) is 15.3. The van der Waals surface area contributed by atoms with Crippen molar-refractivity contribution in [2.75, 3.05) is 13.1 Å². The largest absolute Gasteiger partial charge is 0.490 e. The highest BCUT2D eigenvalue weighted by Gasteiger charge is 2.25. The predicted molar refractivity (Wildman–Crippen MR) is 108 cm³/mol. The number of carbonyl (C=O) groups excluding carboxylic acids is 1. The van der Waals surface area contributed by atoms with Crippen LogP contribution in [0.3, 0.4) is 0 Å². The van der Waals surface area contributed by atoms with Crippen molar-refractivity contribution in [3.05, 3.63) is 70.7 Å². The number of carbonyl (C=O) groups is 1. The molecule has 4 nitrogen and oxygen atoms in total. The first-order chi connectivity index (χ1) is 13.2. The van der Waals surface area contributed by atoms with Crippen LogP contribution < -0.4 is 4.74 Å². The van der Waals surface area contributed by atoms with E-state index in [0.717, 1.165) is 48.4 Å². The van der Waals surface area contributed by atoms with E-state index in [9.17, 15) is 4.79 Å². The smallest absolute Gasteiger partial charge is 0.253 e. The molecular weight excluding hydrogens is 356 g/mol. The number of ether oxygens (including phenoxy) is 1. The molecule has 1 amide bonds. The molecule has 0 radical (unpaired) electrons. The summed E-state index contributed by atoms with van der Waals surface area (Å²) in [5, 5.41) is 4.18. The second-order valence-corrected chi connectivity index (χ2v) is 7.62. The highest BCUT2D eigenvalue weighted by molar-refractivity contribution is 7.08. The standard InChI is InChI=1S/C22H22N2O2S/c1-16-14-23-10-6-21(16)26-20-7-11-24(12-8-20)22(25)18-4-2-17(3-5-18)19-9-13-27-15-19/h2-6,9-10,13-15,20H,7-8,11-12H2,1H3. The third kappa shape index (κ3) is 4.03. The van der Waals surface area contributed by atoms with E-state index in [0.29, 0.717) is 0 Å². The molecule has 0 N–H and O–H groups in total. The normalized spacial score (nSPS) is 14.9. The van der Waals surface area contributed by atoms with E-state index in [4.69, 9.17) is 4.74 Å². The number of pyridine rings is 1. The van der Waals surface area contributed by atoms with E-state index < -0.39 is 0 Å². The van der Waals surface area contributed by atoms with Crippen LogP contribution in [0.1, 0.15) is 28.8 Å². The molecule has 3 aromatic rings. The summed E-state index contributed by atoms with van der Waals surface area (Å²) >= 11 is 1.68. The van der Waals surface area contributed by atoms with Crippen molar-refractivity contribution in [3.8, 4) is 16.9 Å². The van der Waals surface area contributed by atoms with Crippen LogP contribution in [0.5, 0.6) is 5.75 Å². The number of hydrogen-bond donors (Lipinski definition) is 0. The van der Waals surface area contributed by atoms with E-state index in [1.54, 1.807) is 17.5 Å². The number of nitrogens with zero attached hydrogens (tertiary/aromatic N) is 2. The first-order valence-electron chi connectivity index (χ1n) is 9.20. The highest BCUT2D eigenvalue weighted by Crippen LogP contribution is 2.24. The summed E-state index contributed by atoms with van der Waals surface area (Å²) < 4.78 is 6.10. The average molecular weight is 378 g/mol. The van der Waals surface area contributed by atoms with Gasteiger partial charge in [-0.15, -0.1) is 0 Å². The van der Waals surface area contributed by atoms with Crippen LogP contribution in [-0.4, -0.2) is 35.0 Å². The van der Waals surface area contributed by atoms with Gasteiger partial charge in [0.1, 0.15) is 11.9 Å². The molecule has 2 aromatic heterocycles. The highest BCUT2D eigenvalue weighted by atomic mass is 32.1. The van der Waals surface area contributed by atoms with Crippen LogP contribution in [0, 0.1) is 6.92 Å². The van der Waals surface area contributed by atoms with Gasteiger partial charge in [-0.3, -0.25) is 9.78 Å². The summed E-state index contributed by atoms with van der Waals surface area (Å²) in [4.78, 5) is 18.8. The number of piperidine rings is 1. The molecule has 5 heteroatoms. The quantitative estimate of drug-likeness (QED) is 0.655. The van der Waals surface area contributed by atoms with Gasteiger partial charge in [0.15, 0.2) is 0 Å². The third-order valence-corrected chi connectivity index (χ3v) is 5.66. The second-order valence-electron chi connectivity index (χ2n) is 6.84. The fourth-order valence-corrected chi connectivity index (χ4v) is 4.03. The molecule has 0 bridgehead atoms. The molecule has 1 aliphatic rings. The van der Waals surface area contributed by atoms with Crippen molar-refractivity contribution in [3.63, 3.8) is 0 Å². The van der Waals surface area contributed by atoms with Crippen LogP contribution in [0.25, 0.3) is 11.1 Å². The van der Waals surface area contributed by atoms with Crippen LogP contribution in [0.4, 0.5) is 0 Å². The third-order valence-electron chi connectivity index (χ3n) is 4.98. The summed E-state index contributed by atoms with van der Waals surface area (Å²) in [6.07, 6.45) is 5.41. The van der Waals surface area contributed by atoms with E-state index in [1.807, 2.05) is 48.4 Å². The Bertz CT molecular complexity index is 898. The fourth-order valence-electron chi connectivity index (χ4n) is 3.37. The maximum Gasteiger partial charge on any atom is 0.253 e. The Balaban J connectivity index is 1.35. The van der Waals surface area contributed by atoms with Gasteiger partial charge in [-0.2, -0.15) is 11.3 Å². The van der Waals surface area contributed by atoms with Gasteiger partial charge in [0.25, 0.3) is 5.91 Å². The fraction of sp³-hybridized carbons (Fsp3) is 0.273. The first-order valence-corrected chi connectivity index (χ1v) is 10.1. The van der Waals surface area contributed by atoms with Crippen molar-refractivity contribution in [2.45, 2.75) is 25.9 Å². The lowest BCUT2D eigenvalue weighted by atomic mass is 10.0. The zero-order valence-corrected chi connectivity index (χ0v) is 16.1. The zero-order chi connectivity index (χ0) is 18.6. The predicted octanol–water partition coefficient (Wildman–Crippen LogP) is 4.80. The lowest BCUT2D eigenvalue weighted by Gasteiger charge is -2.32. The van der Waals surface area contributed by atoms with E-state index >= 15 is 0 Å². The van der Waals surface area contributed by atoms with Crippen molar-refractivity contribution in [1.29, 1.82) is 0 Å². The van der Waals surface area contributed by atoms with Gasteiger partial charge in [0, 0.05) is 49.5 Å². The maximum atomic E-state index is 12.8. The van der Waals surface area contributed by atoms with Gasteiger partial charge in [0.05, 0.1) is 0 Å². The summed E-state index contributed by atoms with van der Waals surface area (Å²) in [5.41, 5.74) is 4.14. The maximum absolute atomic E-state index is 12.8. The van der Waals surface area contributed by atoms with E-state index in [2.05, 4.69) is 21.8 Å². The van der Waals surface area contributed by atoms with Gasteiger partial charge >= 0.3 is 0 Å². The number of likely N-dealkylation sites (tertiary alicyclic amines) is 1. The van der Waals surface area contributed by atoms with Crippen molar-refractivity contribution < 1.29 is 9.53 Å². The van der Waals surface area contributed by atoms with Gasteiger partial charge in [0.2, 0.25) is 0 Å². The second kappa shape index (κ2) is 7.92. The van der Waals surface area contributed by atoms with Crippen LogP contribution in [-0.2, 0) is 0 Å². The molecule has 0 aliphatic carbocycles. The van der Waals surface area contributed by atoms with E-state index in [1.165, 1.54) is 5.56 Å². The Kier molecular flexibility index (Phi) is 5.21. The topological polar surface area (TPSA) is 42.4 Å². The average Bonchev–Trinajstić information content (AvgIpc) is 3.25. The number of thiophene rings is 1. The van der Waals surface area contributed by atoms with Crippen molar-refractivity contribution in [1.82, 2.24) is 9.88 Å². The van der Waals surface area contributed by atoms with Crippen LogP contribution in [0.15, 0.2) is 59.6 Å². The van der Waals surface area contributed by atoms with Gasteiger partial charge in [-0.25, -0.2) is 0 Å². The van der Waals surface area contributed by atoms with Crippen LogP contribution >= 0.6 is 11.3 Å². The Hall–Kier alpha value is -2.66. The van der Waals surface area contributed by atoms with Gasteiger partial charge in [-0.05, 0) is 53.1 Å². The monoisotopic (exact) mass is 378 g/mol. The molecule has 4 rings (SSSR count). The minimum Gasteiger partial charge on any atom is -0.490 e. The molecule has 0 spiro atoms. The van der Waals surface area contributed by atoms with Gasteiger partial charge in [-0.1, -0.05) is 12.1 Å². The van der Waals surface area contributed by atoms with Crippen molar-refractivity contribution >= 4 is 17.2 Å². The molecule has 138 valence electrons. The molecule has 0 saturated carbocycles. The summed E-state index contributed by atoms with van der Waals surface area (Å²) in [6, 6.07) is 11.9. The number of hydrogen-bond acceptors (Lipinski definition) is 4. The number of aromatic nitrogens is 1. The molecule has 3 heterocycles. The number of aryl methyl sites for hydroxylation is 1. The van der Waals surface area contributed by atoms with Crippen LogP contribution in [0.2, 0.25) is 0 Å². The molecule has 1 aliphatic heterocycles. The Labute approximate surface area is 163 Å². The summed E-state index contributed by atoms with van der Waals surface area (Å²) in [5.74, 6) is 0.990. The molecular formula is C22H22N2O2S.